The lowest BCUT2D eigenvalue weighted by Gasteiger charge is -2.52. The van der Waals surface area contributed by atoms with E-state index in [9.17, 15) is 4.79 Å². The summed E-state index contributed by atoms with van der Waals surface area (Å²) in [5.74, 6) is -0.103. The summed E-state index contributed by atoms with van der Waals surface area (Å²) in [7, 11) is 0. The van der Waals surface area contributed by atoms with Gasteiger partial charge in [-0.05, 0) is 43.6 Å². The molecule has 0 unspecified atom stereocenters. The summed E-state index contributed by atoms with van der Waals surface area (Å²) < 4.78 is 5.89. The Kier molecular flexibility index (Phi) is 5.40. The monoisotopic (exact) mass is 318 g/mol. The summed E-state index contributed by atoms with van der Waals surface area (Å²) in [6.07, 6.45) is 0.676. The lowest BCUT2D eigenvalue weighted by atomic mass is 9.52. The molecule has 0 bridgehead atoms. The van der Waals surface area contributed by atoms with Gasteiger partial charge in [0.15, 0.2) is 0 Å². The molecule has 0 aliphatic heterocycles. The highest BCUT2D eigenvalue weighted by Crippen LogP contribution is 2.54. The maximum Gasteiger partial charge on any atom is 0.314 e. The Hall–Kier alpha value is -1.31. The van der Waals surface area contributed by atoms with Gasteiger partial charge in [-0.3, -0.25) is 4.79 Å². The van der Waals surface area contributed by atoms with Crippen molar-refractivity contribution in [2.24, 2.45) is 16.2 Å². The van der Waals surface area contributed by atoms with Crippen molar-refractivity contribution in [3.8, 4) is 0 Å². The average molecular weight is 319 g/mol. The number of carbonyl (C=O) groups is 1. The summed E-state index contributed by atoms with van der Waals surface area (Å²) in [6.45, 7) is 18.7. The number of rotatable bonds is 3. The Balaban J connectivity index is 3.47. The fourth-order valence-corrected chi connectivity index (χ4v) is 3.61. The van der Waals surface area contributed by atoms with E-state index in [-0.39, 0.29) is 16.8 Å². The van der Waals surface area contributed by atoms with Gasteiger partial charge in [-0.15, -0.1) is 0 Å². The van der Waals surface area contributed by atoms with E-state index in [2.05, 4.69) is 53.7 Å². The molecule has 1 aromatic carbocycles. The Bertz CT molecular complexity index is 508. The van der Waals surface area contributed by atoms with Gasteiger partial charge in [0, 0.05) is 0 Å². The molecule has 0 spiro atoms. The minimum Gasteiger partial charge on any atom is -0.460 e. The van der Waals surface area contributed by atoms with E-state index in [4.69, 9.17) is 4.74 Å². The molecule has 130 valence electrons. The quantitative estimate of drug-likeness (QED) is 0.673. The fourth-order valence-electron chi connectivity index (χ4n) is 3.61. The van der Waals surface area contributed by atoms with Crippen LogP contribution in [0.25, 0.3) is 0 Å². The van der Waals surface area contributed by atoms with Crippen molar-refractivity contribution in [1.82, 2.24) is 0 Å². The van der Waals surface area contributed by atoms with Crippen molar-refractivity contribution >= 4 is 5.97 Å². The van der Waals surface area contributed by atoms with Crippen LogP contribution in [-0.4, -0.2) is 11.6 Å². The first-order valence-corrected chi connectivity index (χ1v) is 8.48. The number of benzene rings is 1. The molecule has 1 aromatic rings. The second-order valence-electron chi connectivity index (χ2n) is 9.57. The molecule has 0 aliphatic carbocycles. The molecule has 0 saturated heterocycles. The lowest BCUT2D eigenvalue weighted by molar-refractivity contribution is -0.187. The number of hydrogen-bond donors (Lipinski definition) is 0. The van der Waals surface area contributed by atoms with E-state index in [0.29, 0.717) is 6.42 Å². The first kappa shape index (κ1) is 19.7. The van der Waals surface area contributed by atoms with E-state index >= 15 is 0 Å². The molecule has 23 heavy (non-hydrogen) atoms. The maximum atomic E-state index is 13.4. The predicted octanol–water partition coefficient (Wildman–Crippen LogP) is 5.65. The molecule has 0 saturated carbocycles. The average Bonchev–Trinajstić information content (AvgIpc) is 2.31. The zero-order chi connectivity index (χ0) is 18.1. The smallest absolute Gasteiger partial charge is 0.314 e. The van der Waals surface area contributed by atoms with Gasteiger partial charge in [-0.1, -0.05) is 71.9 Å². The van der Waals surface area contributed by atoms with Gasteiger partial charge in [0.25, 0.3) is 0 Å². The predicted molar refractivity (Wildman–Crippen MR) is 97.3 cm³/mol. The lowest BCUT2D eigenvalue weighted by Crippen LogP contribution is -2.55. The molecule has 2 nitrogen and oxygen atoms in total. The fraction of sp³-hybridized carbons (Fsp3) is 0.667. The third kappa shape index (κ3) is 4.37. The van der Waals surface area contributed by atoms with Crippen molar-refractivity contribution in [3.05, 3.63) is 35.9 Å². The van der Waals surface area contributed by atoms with Gasteiger partial charge < -0.3 is 4.74 Å². The highest BCUT2D eigenvalue weighted by molar-refractivity contribution is 5.79. The van der Waals surface area contributed by atoms with E-state index in [1.807, 2.05) is 39.0 Å². The van der Waals surface area contributed by atoms with E-state index in [1.54, 1.807) is 0 Å². The van der Waals surface area contributed by atoms with Gasteiger partial charge in [0.1, 0.15) is 5.60 Å². The number of carbonyl (C=O) groups excluding carboxylic acids is 1. The van der Waals surface area contributed by atoms with Crippen LogP contribution in [0, 0.1) is 16.2 Å². The maximum absolute atomic E-state index is 13.4. The highest BCUT2D eigenvalue weighted by atomic mass is 16.6. The van der Waals surface area contributed by atoms with Crippen LogP contribution < -0.4 is 0 Å². The van der Waals surface area contributed by atoms with Gasteiger partial charge >= 0.3 is 5.97 Å². The summed E-state index contributed by atoms with van der Waals surface area (Å²) in [5, 5.41) is 0. The molecular weight excluding hydrogens is 284 g/mol. The molecule has 0 fully saturated rings. The Morgan fingerprint density at radius 1 is 0.826 bits per heavy atom. The van der Waals surface area contributed by atoms with Crippen LogP contribution in [0.5, 0.6) is 0 Å². The highest BCUT2D eigenvalue weighted by Gasteiger charge is 2.57. The minimum atomic E-state index is -0.616. The second-order valence-corrected chi connectivity index (χ2v) is 9.57. The second kappa shape index (κ2) is 6.30. The number of hydrogen-bond acceptors (Lipinski definition) is 2. The molecule has 1 rings (SSSR count). The zero-order valence-electron chi connectivity index (χ0n) is 16.4. The van der Waals surface area contributed by atoms with Crippen molar-refractivity contribution < 1.29 is 9.53 Å². The molecule has 2 heteroatoms. The van der Waals surface area contributed by atoms with Crippen LogP contribution in [0.3, 0.4) is 0 Å². The minimum absolute atomic E-state index is 0.103. The van der Waals surface area contributed by atoms with Gasteiger partial charge in [0.05, 0.1) is 5.41 Å². The van der Waals surface area contributed by atoms with Crippen LogP contribution in [0.1, 0.15) is 67.9 Å². The normalized spacial score (nSPS) is 13.8. The summed E-state index contributed by atoms with van der Waals surface area (Å²) >= 11 is 0. The zero-order valence-corrected chi connectivity index (χ0v) is 16.4. The van der Waals surface area contributed by atoms with Crippen molar-refractivity contribution in [1.29, 1.82) is 0 Å². The van der Waals surface area contributed by atoms with Gasteiger partial charge in [-0.2, -0.15) is 0 Å². The van der Waals surface area contributed by atoms with E-state index in [0.717, 1.165) is 0 Å². The molecule has 0 aliphatic rings. The summed E-state index contributed by atoms with van der Waals surface area (Å²) in [5.41, 5.74) is -0.403. The topological polar surface area (TPSA) is 26.3 Å². The van der Waals surface area contributed by atoms with Crippen molar-refractivity contribution in [3.63, 3.8) is 0 Å². The molecule has 0 amide bonds. The van der Waals surface area contributed by atoms with Crippen molar-refractivity contribution in [2.45, 2.75) is 74.3 Å². The third-order valence-electron chi connectivity index (χ3n) is 4.62. The first-order valence-electron chi connectivity index (χ1n) is 8.48. The number of ether oxygens (including phenoxy) is 1. The molecule has 0 aromatic heterocycles. The third-order valence-corrected chi connectivity index (χ3v) is 4.62. The molecule has 0 atom stereocenters. The standard InChI is InChI=1S/C21H34O2/c1-18(2,3)21(19(4,5)6,17(22)23-20(7,8)9)15-16-13-11-10-12-14-16/h10-14H,15H2,1-9H3. The van der Waals surface area contributed by atoms with Crippen LogP contribution in [0.15, 0.2) is 30.3 Å². The van der Waals surface area contributed by atoms with Gasteiger partial charge in [-0.25, -0.2) is 0 Å². The SMILES string of the molecule is CC(C)(C)OC(=O)C(Cc1ccccc1)(C(C)(C)C)C(C)(C)C. The summed E-state index contributed by atoms with van der Waals surface area (Å²) in [6, 6.07) is 10.3. The van der Waals surface area contributed by atoms with E-state index < -0.39 is 11.0 Å². The Labute approximate surface area is 142 Å². The Morgan fingerprint density at radius 3 is 1.61 bits per heavy atom. The van der Waals surface area contributed by atoms with Crippen molar-refractivity contribution in [2.75, 3.05) is 0 Å². The molecule has 0 radical (unpaired) electrons. The first-order chi connectivity index (χ1) is 10.2. The largest absolute Gasteiger partial charge is 0.460 e. The van der Waals surface area contributed by atoms with Crippen LogP contribution in [0.2, 0.25) is 0 Å². The summed E-state index contributed by atoms with van der Waals surface area (Å²) in [4.78, 5) is 13.4. The van der Waals surface area contributed by atoms with Crippen LogP contribution in [-0.2, 0) is 16.0 Å². The molecular formula is C21H34O2. The molecule has 0 N–H and O–H groups in total. The number of esters is 1. The van der Waals surface area contributed by atoms with E-state index in [1.165, 1.54) is 5.56 Å². The van der Waals surface area contributed by atoms with Crippen LogP contribution in [0.4, 0.5) is 0 Å². The Morgan fingerprint density at radius 2 is 1.26 bits per heavy atom. The molecule has 0 heterocycles. The van der Waals surface area contributed by atoms with Crippen LogP contribution >= 0.6 is 0 Å². The van der Waals surface area contributed by atoms with Gasteiger partial charge in [0.2, 0.25) is 0 Å².